The van der Waals surface area contributed by atoms with Crippen molar-refractivity contribution in [3.63, 3.8) is 0 Å². The van der Waals surface area contributed by atoms with Crippen molar-refractivity contribution in [3.05, 3.63) is 22.7 Å². The molecular formula is C18H27ClN4O3. The van der Waals surface area contributed by atoms with Crippen LogP contribution >= 0.6 is 11.6 Å². The van der Waals surface area contributed by atoms with E-state index < -0.39 is 0 Å². The summed E-state index contributed by atoms with van der Waals surface area (Å²) in [4.78, 5) is 16.0. The summed E-state index contributed by atoms with van der Waals surface area (Å²) in [5, 5.41) is 9.62. The molecule has 0 saturated heterocycles. The van der Waals surface area contributed by atoms with Crippen molar-refractivity contribution in [1.29, 1.82) is 0 Å². The van der Waals surface area contributed by atoms with Gasteiger partial charge in [0.1, 0.15) is 13.2 Å². The molecule has 26 heavy (non-hydrogen) atoms. The number of hydrogen-bond donors (Lipinski definition) is 3. The number of halogens is 1. The number of carbonyl (C=O) groups excluding carboxylic acids is 1. The number of nitrogens with one attached hydrogen (secondary N) is 3. The molecule has 3 N–H and O–H groups in total. The molecule has 2 rings (SSSR count). The number of ether oxygens (including phenoxy) is 2. The van der Waals surface area contributed by atoms with Crippen LogP contribution in [0.4, 0.5) is 0 Å². The van der Waals surface area contributed by atoms with Gasteiger partial charge in [0, 0.05) is 19.1 Å². The summed E-state index contributed by atoms with van der Waals surface area (Å²) in [6.07, 6.45) is 0.727. The Morgan fingerprint density at radius 1 is 1.23 bits per heavy atom. The standard InChI is InChI=1S/C18H27ClN4O3/c1-18(2,3)23-15(24)11-22-17(20-4)21-6-5-12-9-13(19)16-14(10-12)25-7-8-26-16/h9-10H,5-8,11H2,1-4H3,(H,23,24)(H2,20,21,22). The third kappa shape index (κ3) is 6.29. The van der Waals surface area contributed by atoms with Crippen LogP contribution in [0.2, 0.25) is 5.02 Å². The predicted octanol–water partition coefficient (Wildman–Crippen LogP) is 1.73. The van der Waals surface area contributed by atoms with E-state index in [4.69, 9.17) is 21.1 Å². The van der Waals surface area contributed by atoms with Crippen molar-refractivity contribution < 1.29 is 14.3 Å². The first-order valence-electron chi connectivity index (χ1n) is 8.62. The minimum Gasteiger partial charge on any atom is -0.486 e. The van der Waals surface area contributed by atoms with Gasteiger partial charge in [-0.15, -0.1) is 0 Å². The molecule has 1 heterocycles. The molecule has 144 valence electrons. The van der Waals surface area contributed by atoms with E-state index in [0.29, 0.717) is 42.2 Å². The fourth-order valence-corrected chi connectivity index (χ4v) is 2.77. The Morgan fingerprint density at radius 3 is 2.65 bits per heavy atom. The van der Waals surface area contributed by atoms with Gasteiger partial charge >= 0.3 is 0 Å². The van der Waals surface area contributed by atoms with Crippen LogP contribution in [0, 0.1) is 0 Å². The van der Waals surface area contributed by atoms with Gasteiger partial charge < -0.3 is 25.4 Å². The molecule has 1 aromatic rings. The molecule has 0 aliphatic carbocycles. The maximum Gasteiger partial charge on any atom is 0.239 e. The van der Waals surface area contributed by atoms with Gasteiger partial charge in [-0.1, -0.05) is 11.6 Å². The summed E-state index contributed by atoms with van der Waals surface area (Å²) in [5.74, 6) is 1.77. The number of carbonyl (C=O) groups is 1. The molecule has 0 spiro atoms. The molecule has 0 bridgehead atoms. The van der Waals surface area contributed by atoms with E-state index in [9.17, 15) is 4.79 Å². The average molecular weight is 383 g/mol. The molecule has 0 fully saturated rings. The molecule has 0 aromatic heterocycles. The number of amides is 1. The van der Waals surface area contributed by atoms with Crippen molar-refractivity contribution in [1.82, 2.24) is 16.0 Å². The molecule has 0 atom stereocenters. The predicted molar refractivity (Wildman–Crippen MR) is 103 cm³/mol. The topological polar surface area (TPSA) is 84.0 Å². The van der Waals surface area contributed by atoms with Crippen molar-refractivity contribution in [2.24, 2.45) is 4.99 Å². The van der Waals surface area contributed by atoms with Crippen molar-refractivity contribution in [3.8, 4) is 11.5 Å². The molecular weight excluding hydrogens is 356 g/mol. The normalized spacial score (nSPS) is 14.0. The van der Waals surface area contributed by atoms with E-state index in [-0.39, 0.29) is 18.0 Å². The highest BCUT2D eigenvalue weighted by Crippen LogP contribution is 2.38. The quantitative estimate of drug-likeness (QED) is 0.533. The summed E-state index contributed by atoms with van der Waals surface area (Å²) >= 11 is 6.25. The average Bonchev–Trinajstić information content (AvgIpc) is 2.56. The van der Waals surface area contributed by atoms with E-state index in [1.54, 1.807) is 7.05 Å². The Balaban J connectivity index is 1.81. The molecule has 7 nitrogen and oxygen atoms in total. The SMILES string of the molecule is CN=C(NCCc1cc(Cl)c2c(c1)OCCO2)NCC(=O)NC(C)(C)C. The lowest BCUT2D eigenvalue weighted by molar-refractivity contribution is -0.121. The van der Waals surface area contributed by atoms with Gasteiger partial charge in [-0.05, 0) is 44.9 Å². The number of fused-ring (bicyclic) bond motifs is 1. The van der Waals surface area contributed by atoms with Gasteiger partial charge in [-0.2, -0.15) is 0 Å². The van der Waals surface area contributed by atoms with E-state index in [1.165, 1.54) is 0 Å². The summed E-state index contributed by atoms with van der Waals surface area (Å²) in [6.45, 7) is 7.66. The van der Waals surface area contributed by atoms with Crippen LogP contribution in [0.3, 0.4) is 0 Å². The van der Waals surface area contributed by atoms with Crippen molar-refractivity contribution in [2.75, 3.05) is 33.4 Å². The van der Waals surface area contributed by atoms with Gasteiger partial charge in [0.15, 0.2) is 17.5 Å². The zero-order valence-corrected chi connectivity index (χ0v) is 16.5. The van der Waals surface area contributed by atoms with Crippen LogP contribution in [0.25, 0.3) is 0 Å². The minimum absolute atomic E-state index is 0.0842. The fraction of sp³-hybridized carbons (Fsp3) is 0.556. The Morgan fingerprint density at radius 2 is 1.96 bits per heavy atom. The van der Waals surface area contributed by atoms with E-state index in [2.05, 4.69) is 20.9 Å². The summed E-state index contributed by atoms with van der Waals surface area (Å²) in [6, 6.07) is 3.82. The van der Waals surface area contributed by atoms with Crippen molar-refractivity contribution >= 4 is 23.5 Å². The maximum atomic E-state index is 11.9. The highest BCUT2D eigenvalue weighted by Gasteiger charge is 2.17. The minimum atomic E-state index is -0.257. The van der Waals surface area contributed by atoms with E-state index in [1.807, 2.05) is 32.9 Å². The second-order valence-corrected chi connectivity index (χ2v) is 7.41. The number of benzene rings is 1. The number of hydrogen-bond acceptors (Lipinski definition) is 4. The Kier molecular flexibility index (Phi) is 6.97. The Hall–Kier alpha value is -2.15. The van der Waals surface area contributed by atoms with Gasteiger partial charge in [0.2, 0.25) is 5.91 Å². The highest BCUT2D eigenvalue weighted by atomic mass is 35.5. The first-order valence-corrected chi connectivity index (χ1v) is 9.00. The fourth-order valence-electron chi connectivity index (χ4n) is 2.48. The third-order valence-corrected chi connectivity index (χ3v) is 3.80. The third-order valence-electron chi connectivity index (χ3n) is 3.52. The van der Waals surface area contributed by atoms with Crippen LogP contribution in [-0.2, 0) is 11.2 Å². The van der Waals surface area contributed by atoms with Gasteiger partial charge in [0.05, 0.1) is 11.6 Å². The monoisotopic (exact) mass is 382 g/mol. The van der Waals surface area contributed by atoms with Crippen LogP contribution < -0.4 is 25.4 Å². The first kappa shape index (κ1) is 20.2. The lowest BCUT2D eigenvalue weighted by Gasteiger charge is -2.21. The second kappa shape index (κ2) is 8.98. The second-order valence-electron chi connectivity index (χ2n) is 7.00. The summed E-state index contributed by atoms with van der Waals surface area (Å²) in [7, 11) is 1.66. The summed E-state index contributed by atoms with van der Waals surface area (Å²) in [5.41, 5.74) is 0.778. The number of aliphatic imine (C=N–C) groups is 1. The number of rotatable bonds is 5. The number of guanidine groups is 1. The molecule has 1 aliphatic heterocycles. The Labute approximate surface area is 159 Å². The van der Waals surface area contributed by atoms with Gasteiger partial charge in [-0.25, -0.2) is 0 Å². The zero-order chi connectivity index (χ0) is 19.2. The first-order chi connectivity index (χ1) is 12.3. The van der Waals surface area contributed by atoms with Crippen LogP contribution in [0.5, 0.6) is 11.5 Å². The van der Waals surface area contributed by atoms with Crippen LogP contribution in [-0.4, -0.2) is 50.8 Å². The van der Waals surface area contributed by atoms with E-state index >= 15 is 0 Å². The lowest BCUT2D eigenvalue weighted by atomic mass is 10.1. The molecule has 0 radical (unpaired) electrons. The van der Waals surface area contributed by atoms with Crippen molar-refractivity contribution in [2.45, 2.75) is 32.7 Å². The van der Waals surface area contributed by atoms with Crippen LogP contribution in [0.1, 0.15) is 26.3 Å². The smallest absolute Gasteiger partial charge is 0.239 e. The van der Waals surface area contributed by atoms with Crippen LogP contribution in [0.15, 0.2) is 17.1 Å². The zero-order valence-electron chi connectivity index (χ0n) is 15.7. The van der Waals surface area contributed by atoms with Gasteiger partial charge in [-0.3, -0.25) is 9.79 Å². The lowest BCUT2D eigenvalue weighted by Crippen LogP contribution is -2.48. The Bertz CT molecular complexity index is 671. The largest absolute Gasteiger partial charge is 0.486 e. The number of nitrogens with zero attached hydrogens (tertiary/aromatic N) is 1. The molecule has 1 aliphatic rings. The van der Waals surface area contributed by atoms with Gasteiger partial charge in [0.25, 0.3) is 0 Å². The molecule has 1 aromatic carbocycles. The molecule has 8 heteroatoms. The molecule has 0 unspecified atom stereocenters. The maximum absolute atomic E-state index is 11.9. The highest BCUT2D eigenvalue weighted by molar-refractivity contribution is 6.32. The molecule has 0 saturated carbocycles. The van der Waals surface area contributed by atoms with E-state index in [0.717, 1.165) is 12.0 Å². The molecule has 1 amide bonds. The summed E-state index contributed by atoms with van der Waals surface area (Å²) < 4.78 is 11.1.